The van der Waals surface area contributed by atoms with Crippen molar-refractivity contribution in [1.29, 1.82) is 0 Å². The Morgan fingerprint density at radius 2 is 2.11 bits per heavy atom. The first kappa shape index (κ1) is 15.4. The Kier molecular flexibility index (Phi) is 6.03. The van der Waals surface area contributed by atoms with Gasteiger partial charge in [0.1, 0.15) is 5.78 Å². The lowest BCUT2D eigenvalue weighted by Crippen LogP contribution is -2.24. The molecule has 18 heavy (non-hydrogen) atoms. The molecule has 0 amide bonds. The lowest BCUT2D eigenvalue weighted by atomic mass is 9.76. The van der Waals surface area contributed by atoms with E-state index in [0.29, 0.717) is 31.1 Å². The summed E-state index contributed by atoms with van der Waals surface area (Å²) in [5.41, 5.74) is 7.05. The van der Waals surface area contributed by atoms with Gasteiger partial charge in [-0.2, -0.15) is 11.3 Å². The number of hydrogen-bond acceptors (Lipinski definition) is 3. The van der Waals surface area contributed by atoms with Crippen molar-refractivity contribution in [1.82, 2.24) is 0 Å². The van der Waals surface area contributed by atoms with Crippen LogP contribution in [0, 0.1) is 11.3 Å². The van der Waals surface area contributed by atoms with E-state index in [-0.39, 0.29) is 5.41 Å². The first-order valence-electron chi connectivity index (χ1n) is 6.66. The van der Waals surface area contributed by atoms with Gasteiger partial charge < -0.3 is 5.73 Å². The molecule has 0 saturated carbocycles. The van der Waals surface area contributed by atoms with Crippen LogP contribution in [0.25, 0.3) is 0 Å². The topological polar surface area (TPSA) is 43.1 Å². The molecule has 0 radical (unpaired) electrons. The van der Waals surface area contributed by atoms with E-state index in [0.717, 1.165) is 18.4 Å². The number of carbonyl (C=O) groups excluding carboxylic acids is 1. The third-order valence-corrected chi connectivity index (χ3v) is 4.22. The smallest absolute Gasteiger partial charge is 0.137 e. The largest absolute Gasteiger partial charge is 0.330 e. The van der Waals surface area contributed by atoms with Crippen molar-refractivity contribution < 1.29 is 4.79 Å². The molecule has 0 aliphatic carbocycles. The summed E-state index contributed by atoms with van der Waals surface area (Å²) in [5.74, 6) is 0.883. The van der Waals surface area contributed by atoms with Crippen LogP contribution in [0.5, 0.6) is 0 Å². The van der Waals surface area contributed by atoms with Gasteiger partial charge in [-0.15, -0.1) is 0 Å². The summed E-state index contributed by atoms with van der Waals surface area (Å²) in [6, 6.07) is 2.03. The number of nitrogens with two attached hydrogens (primary N) is 1. The minimum atomic E-state index is 0.238. The van der Waals surface area contributed by atoms with Gasteiger partial charge in [0.25, 0.3) is 0 Å². The van der Waals surface area contributed by atoms with Crippen molar-refractivity contribution in [3.63, 3.8) is 0 Å². The fourth-order valence-electron chi connectivity index (χ4n) is 2.26. The van der Waals surface area contributed by atoms with Crippen LogP contribution in [0.15, 0.2) is 16.8 Å². The van der Waals surface area contributed by atoms with E-state index in [1.165, 1.54) is 0 Å². The predicted molar refractivity (Wildman–Crippen MR) is 78.9 cm³/mol. The zero-order valence-corrected chi connectivity index (χ0v) is 12.6. The van der Waals surface area contributed by atoms with Gasteiger partial charge >= 0.3 is 0 Å². The summed E-state index contributed by atoms with van der Waals surface area (Å²) < 4.78 is 0. The van der Waals surface area contributed by atoms with E-state index in [4.69, 9.17) is 5.73 Å². The number of carbonyl (C=O) groups is 1. The Hall–Kier alpha value is -0.670. The van der Waals surface area contributed by atoms with Crippen molar-refractivity contribution in [2.45, 2.75) is 46.5 Å². The van der Waals surface area contributed by atoms with Crippen LogP contribution in [0.1, 0.15) is 45.6 Å². The summed E-state index contributed by atoms with van der Waals surface area (Å²) in [5, 5.41) is 4.08. The van der Waals surface area contributed by atoms with Crippen molar-refractivity contribution in [2.75, 3.05) is 6.54 Å². The SMILES string of the molecule is CC(C)(C)C(CCN)CCC(=O)Cc1ccsc1. The Bertz CT molecular complexity index is 351. The molecule has 0 aromatic carbocycles. The van der Waals surface area contributed by atoms with Crippen LogP contribution < -0.4 is 5.73 Å². The highest BCUT2D eigenvalue weighted by atomic mass is 32.1. The lowest BCUT2D eigenvalue weighted by Gasteiger charge is -2.30. The zero-order chi connectivity index (χ0) is 13.6. The molecule has 0 bridgehead atoms. The molecule has 1 unspecified atom stereocenters. The first-order chi connectivity index (χ1) is 8.43. The molecule has 2 nitrogen and oxygen atoms in total. The number of Topliss-reactive ketones (excluding diaryl/α,β-unsaturated/α-hetero) is 1. The van der Waals surface area contributed by atoms with Gasteiger partial charge in [0.2, 0.25) is 0 Å². The molecule has 1 atom stereocenters. The lowest BCUT2D eigenvalue weighted by molar-refractivity contribution is -0.118. The number of thiophene rings is 1. The summed E-state index contributed by atoms with van der Waals surface area (Å²) in [6.07, 6.45) is 3.24. The van der Waals surface area contributed by atoms with Crippen molar-refractivity contribution in [2.24, 2.45) is 17.1 Å². The van der Waals surface area contributed by atoms with Gasteiger partial charge in [0, 0.05) is 12.8 Å². The minimum Gasteiger partial charge on any atom is -0.330 e. The highest BCUT2D eigenvalue weighted by molar-refractivity contribution is 7.07. The van der Waals surface area contributed by atoms with E-state index in [1.54, 1.807) is 11.3 Å². The number of hydrogen-bond donors (Lipinski definition) is 1. The molecule has 3 heteroatoms. The molecular formula is C15H25NOS. The molecule has 1 rings (SSSR count). The molecule has 0 aliphatic heterocycles. The standard InChI is InChI=1S/C15H25NOS/c1-15(2,3)13(6-8-16)4-5-14(17)10-12-7-9-18-11-12/h7,9,11,13H,4-6,8,10,16H2,1-3H3. The van der Waals surface area contributed by atoms with Gasteiger partial charge in [-0.1, -0.05) is 20.8 Å². The predicted octanol–water partition coefficient (Wildman–Crippen LogP) is 3.65. The zero-order valence-electron chi connectivity index (χ0n) is 11.7. The second-order valence-corrected chi connectivity index (χ2v) is 6.81. The molecule has 0 spiro atoms. The Labute approximate surface area is 115 Å². The van der Waals surface area contributed by atoms with Crippen LogP contribution in [-0.2, 0) is 11.2 Å². The van der Waals surface area contributed by atoms with Crippen LogP contribution in [0.2, 0.25) is 0 Å². The normalized spacial score (nSPS) is 13.6. The molecule has 0 aliphatic rings. The fraction of sp³-hybridized carbons (Fsp3) is 0.667. The van der Waals surface area contributed by atoms with Gasteiger partial charge in [0.05, 0.1) is 0 Å². The van der Waals surface area contributed by atoms with E-state index < -0.39 is 0 Å². The van der Waals surface area contributed by atoms with E-state index >= 15 is 0 Å². The van der Waals surface area contributed by atoms with Crippen molar-refractivity contribution >= 4 is 17.1 Å². The highest BCUT2D eigenvalue weighted by Crippen LogP contribution is 2.32. The number of ketones is 1. The maximum Gasteiger partial charge on any atom is 0.137 e. The summed E-state index contributed by atoms with van der Waals surface area (Å²) >= 11 is 1.65. The molecule has 0 saturated heterocycles. The van der Waals surface area contributed by atoms with Crippen LogP contribution in [0.4, 0.5) is 0 Å². The van der Waals surface area contributed by atoms with Crippen molar-refractivity contribution in [3.05, 3.63) is 22.4 Å². The van der Waals surface area contributed by atoms with E-state index in [9.17, 15) is 4.79 Å². The van der Waals surface area contributed by atoms with Gasteiger partial charge in [-0.25, -0.2) is 0 Å². The number of rotatable bonds is 7. The van der Waals surface area contributed by atoms with Gasteiger partial charge in [-0.3, -0.25) is 4.79 Å². The van der Waals surface area contributed by atoms with Gasteiger partial charge in [0.15, 0.2) is 0 Å². The van der Waals surface area contributed by atoms with E-state index in [1.807, 2.05) is 11.4 Å². The Balaban J connectivity index is 2.40. The maximum absolute atomic E-state index is 11.9. The monoisotopic (exact) mass is 267 g/mol. The average Bonchev–Trinajstić information content (AvgIpc) is 2.75. The molecule has 0 fully saturated rings. The molecule has 1 aromatic heterocycles. The molecule has 2 N–H and O–H groups in total. The Morgan fingerprint density at radius 3 is 2.61 bits per heavy atom. The highest BCUT2D eigenvalue weighted by Gasteiger charge is 2.24. The van der Waals surface area contributed by atoms with Crippen molar-refractivity contribution in [3.8, 4) is 0 Å². The third-order valence-electron chi connectivity index (χ3n) is 3.49. The quantitative estimate of drug-likeness (QED) is 0.819. The summed E-state index contributed by atoms with van der Waals surface area (Å²) in [4.78, 5) is 11.9. The first-order valence-corrected chi connectivity index (χ1v) is 7.60. The second-order valence-electron chi connectivity index (χ2n) is 6.03. The molecule has 1 aromatic rings. The maximum atomic E-state index is 11.9. The fourth-order valence-corrected chi connectivity index (χ4v) is 2.92. The third kappa shape index (κ3) is 5.32. The van der Waals surface area contributed by atoms with E-state index in [2.05, 4.69) is 26.2 Å². The molecular weight excluding hydrogens is 242 g/mol. The van der Waals surface area contributed by atoms with Gasteiger partial charge in [-0.05, 0) is 53.1 Å². The minimum absolute atomic E-state index is 0.238. The summed E-state index contributed by atoms with van der Waals surface area (Å²) in [6.45, 7) is 7.41. The molecule has 1 heterocycles. The Morgan fingerprint density at radius 1 is 1.39 bits per heavy atom. The van der Waals surface area contributed by atoms with Crippen LogP contribution in [0.3, 0.4) is 0 Å². The second kappa shape index (κ2) is 7.05. The summed E-state index contributed by atoms with van der Waals surface area (Å²) in [7, 11) is 0. The molecule has 102 valence electrons. The van der Waals surface area contributed by atoms with Crippen LogP contribution in [-0.4, -0.2) is 12.3 Å². The van der Waals surface area contributed by atoms with Crippen LogP contribution >= 0.6 is 11.3 Å². The average molecular weight is 267 g/mol.